The quantitative estimate of drug-likeness (QED) is 0.797. The van der Waals surface area contributed by atoms with Gasteiger partial charge in [0, 0.05) is 12.7 Å². The number of rotatable bonds is 8. The van der Waals surface area contributed by atoms with Gasteiger partial charge in [0.1, 0.15) is 5.75 Å². The van der Waals surface area contributed by atoms with E-state index in [1.165, 1.54) is 11.3 Å². The summed E-state index contributed by atoms with van der Waals surface area (Å²) in [5.74, 6) is 0.929. The first-order valence-corrected chi connectivity index (χ1v) is 7.71. The van der Waals surface area contributed by atoms with Crippen LogP contribution in [0.25, 0.3) is 0 Å². The SMILES string of the molecule is CCCOc1cc(C)ccc1NCc1cncn1CCC. The van der Waals surface area contributed by atoms with Crippen LogP contribution in [-0.4, -0.2) is 16.2 Å². The van der Waals surface area contributed by atoms with Crippen molar-refractivity contribution in [2.45, 2.75) is 46.7 Å². The molecule has 0 bridgehead atoms. The zero-order valence-electron chi connectivity index (χ0n) is 13.2. The molecule has 0 radical (unpaired) electrons. The van der Waals surface area contributed by atoms with Crippen molar-refractivity contribution in [3.05, 3.63) is 42.0 Å². The number of hydrogen-bond acceptors (Lipinski definition) is 3. The van der Waals surface area contributed by atoms with Crippen LogP contribution in [0, 0.1) is 6.92 Å². The summed E-state index contributed by atoms with van der Waals surface area (Å²) in [5, 5.41) is 3.46. The Labute approximate surface area is 127 Å². The maximum atomic E-state index is 5.83. The lowest BCUT2D eigenvalue weighted by Crippen LogP contribution is -2.08. The van der Waals surface area contributed by atoms with Gasteiger partial charge in [-0.1, -0.05) is 19.9 Å². The molecule has 0 saturated carbocycles. The third-order valence-electron chi connectivity index (χ3n) is 3.32. The van der Waals surface area contributed by atoms with Crippen molar-refractivity contribution in [3.63, 3.8) is 0 Å². The van der Waals surface area contributed by atoms with Gasteiger partial charge in [-0.15, -0.1) is 0 Å². The maximum Gasteiger partial charge on any atom is 0.142 e. The van der Waals surface area contributed by atoms with Gasteiger partial charge in [0.05, 0.1) is 30.9 Å². The first kappa shape index (κ1) is 15.4. The summed E-state index contributed by atoms with van der Waals surface area (Å²) in [6.45, 7) is 8.88. The Morgan fingerprint density at radius 2 is 2.10 bits per heavy atom. The van der Waals surface area contributed by atoms with Gasteiger partial charge in [0.2, 0.25) is 0 Å². The maximum absolute atomic E-state index is 5.83. The lowest BCUT2D eigenvalue weighted by molar-refractivity contribution is 0.318. The number of hydrogen-bond donors (Lipinski definition) is 1. The van der Waals surface area contributed by atoms with Crippen LogP contribution in [0.3, 0.4) is 0 Å². The molecule has 1 aromatic heterocycles. The van der Waals surface area contributed by atoms with Crippen molar-refractivity contribution >= 4 is 5.69 Å². The number of anilines is 1. The van der Waals surface area contributed by atoms with Crippen molar-refractivity contribution < 1.29 is 4.74 Å². The Kier molecular flexibility index (Phi) is 5.67. The zero-order chi connectivity index (χ0) is 15.1. The minimum atomic E-state index is 0.742. The van der Waals surface area contributed by atoms with E-state index >= 15 is 0 Å². The van der Waals surface area contributed by atoms with Crippen LogP contribution in [0.2, 0.25) is 0 Å². The predicted molar refractivity (Wildman–Crippen MR) is 86.8 cm³/mol. The number of benzene rings is 1. The van der Waals surface area contributed by atoms with Crippen molar-refractivity contribution in [1.82, 2.24) is 9.55 Å². The summed E-state index contributed by atoms with van der Waals surface area (Å²) in [4.78, 5) is 4.23. The monoisotopic (exact) mass is 287 g/mol. The summed E-state index contributed by atoms with van der Waals surface area (Å²) in [6, 6.07) is 6.27. The third kappa shape index (κ3) is 4.25. The van der Waals surface area contributed by atoms with Crippen molar-refractivity contribution in [2.24, 2.45) is 0 Å². The minimum Gasteiger partial charge on any atom is -0.491 e. The number of nitrogens with one attached hydrogen (secondary N) is 1. The Balaban J connectivity index is 2.06. The lowest BCUT2D eigenvalue weighted by Gasteiger charge is -2.14. The van der Waals surface area contributed by atoms with Crippen molar-refractivity contribution in [3.8, 4) is 5.75 Å². The third-order valence-corrected chi connectivity index (χ3v) is 3.32. The fourth-order valence-electron chi connectivity index (χ4n) is 2.23. The summed E-state index contributed by atoms with van der Waals surface area (Å²) >= 11 is 0. The topological polar surface area (TPSA) is 39.1 Å². The molecule has 0 spiro atoms. The Morgan fingerprint density at radius 3 is 2.86 bits per heavy atom. The predicted octanol–water partition coefficient (Wildman–Crippen LogP) is 4.00. The van der Waals surface area contributed by atoms with Crippen LogP contribution in [0.1, 0.15) is 37.9 Å². The molecule has 2 aromatic rings. The molecule has 21 heavy (non-hydrogen) atoms. The smallest absolute Gasteiger partial charge is 0.142 e. The Morgan fingerprint density at radius 1 is 1.24 bits per heavy atom. The van der Waals surface area contributed by atoms with E-state index in [1.807, 2.05) is 12.5 Å². The molecular weight excluding hydrogens is 262 g/mol. The second-order valence-electron chi connectivity index (χ2n) is 5.28. The fourth-order valence-corrected chi connectivity index (χ4v) is 2.23. The second-order valence-corrected chi connectivity index (χ2v) is 5.28. The van der Waals surface area contributed by atoms with E-state index < -0.39 is 0 Å². The van der Waals surface area contributed by atoms with Gasteiger partial charge in [0.15, 0.2) is 0 Å². The van der Waals surface area contributed by atoms with E-state index in [1.54, 1.807) is 0 Å². The number of ether oxygens (including phenoxy) is 1. The summed E-state index contributed by atoms with van der Waals surface area (Å²) in [6.07, 6.45) is 5.93. The molecule has 1 heterocycles. The molecule has 0 fully saturated rings. The molecule has 0 atom stereocenters. The normalized spacial score (nSPS) is 10.6. The molecule has 0 amide bonds. The molecule has 0 aliphatic carbocycles. The van der Waals surface area contributed by atoms with E-state index in [2.05, 4.69) is 53.8 Å². The van der Waals surface area contributed by atoms with Gasteiger partial charge < -0.3 is 14.6 Å². The van der Waals surface area contributed by atoms with Crippen LogP contribution >= 0.6 is 0 Å². The van der Waals surface area contributed by atoms with E-state index in [-0.39, 0.29) is 0 Å². The van der Waals surface area contributed by atoms with E-state index in [0.717, 1.165) is 44.0 Å². The van der Waals surface area contributed by atoms with Gasteiger partial charge in [0.25, 0.3) is 0 Å². The fraction of sp³-hybridized carbons (Fsp3) is 0.471. The average Bonchev–Trinajstić information content (AvgIpc) is 2.92. The molecular formula is C17H25N3O. The minimum absolute atomic E-state index is 0.742. The summed E-state index contributed by atoms with van der Waals surface area (Å²) < 4.78 is 8.02. The first-order chi connectivity index (χ1) is 10.2. The molecule has 2 rings (SSSR count). The van der Waals surface area contributed by atoms with E-state index in [0.29, 0.717) is 0 Å². The second kappa shape index (κ2) is 7.72. The van der Waals surface area contributed by atoms with Gasteiger partial charge in [-0.25, -0.2) is 4.98 Å². The molecule has 1 N–H and O–H groups in total. The molecule has 0 aliphatic heterocycles. The molecule has 4 heteroatoms. The summed E-state index contributed by atoms with van der Waals surface area (Å²) in [7, 11) is 0. The zero-order valence-corrected chi connectivity index (χ0v) is 13.2. The van der Waals surface area contributed by atoms with Crippen LogP contribution in [0.15, 0.2) is 30.7 Å². The largest absolute Gasteiger partial charge is 0.491 e. The average molecular weight is 287 g/mol. The van der Waals surface area contributed by atoms with Crippen molar-refractivity contribution in [1.29, 1.82) is 0 Å². The Bertz CT molecular complexity index is 563. The van der Waals surface area contributed by atoms with Crippen LogP contribution in [0.4, 0.5) is 5.69 Å². The van der Waals surface area contributed by atoms with Gasteiger partial charge >= 0.3 is 0 Å². The number of aryl methyl sites for hydroxylation is 2. The standard InChI is InChI=1S/C17H25N3O/c1-4-8-20-13-18-11-15(20)12-19-16-7-6-14(3)10-17(16)21-9-5-2/h6-7,10-11,13,19H,4-5,8-9,12H2,1-3H3. The highest BCUT2D eigenvalue weighted by molar-refractivity contribution is 5.57. The van der Waals surface area contributed by atoms with Crippen LogP contribution < -0.4 is 10.1 Å². The van der Waals surface area contributed by atoms with E-state index in [9.17, 15) is 0 Å². The molecule has 0 aliphatic rings. The highest BCUT2D eigenvalue weighted by Gasteiger charge is 2.06. The van der Waals surface area contributed by atoms with E-state index in [4.69, 9.17) is 4.74 Å². The summed E-state index contributed by atoms with van der Waals surface area (Å²) in [5.41, 5.74) is 3.44. The first-order valence-electron chi connectivity index (χ1n) is 7.71. The molecule has 4 nitrogen and oxygen atoms in total. The highest BCUT2D eigenvalue weighted by atomic mass is 16.5. The number of nitrogens with zero attached hydrogens (tertiary/aromatic N) is 2. The van der Waals surface area contributed by atoms with Crippen LogP contribution in [-0.2, 0) is 13.1 Å². The molecule has 1 aromatic carbocycles. The number of imidazole rings is 1. The van der Waals surface area contributed by atoms with Gasteiger partial charge in [-0.2, -0.15) is 0 Å². The molecule has 0 saturated heterocycles. The molecule has 0 unspecified atom stereocenters. The Hall–Kier alpha value is -1.97. The lowest BCUT2D eigenvalue weighted by atomic mass is 10.2. The van der Waals surface area contributed by atoms with Gasteiger partial charge in [-0.05, 0) is 37.5 Å². The molecule has 114 valence electrons. The number of aromatic nitrogens is 2. The van der Waals surface area contributed by atoms with Crippen LogP contribution in [0.5, 0.6) is 5.75 Å². The highest BCUT2D eigenvalue weighted by Crippen LogP contribution is 2.26. The van der Waals surface area contributed by atoms with Gasteiger partial charge in [-0.3, -0.25) is 0 Å². The van der Waals surface area contributed by atoms with Crippen molar-refractivity contribution in [2.75, 3.05) is 11.9 Å².